The molecular weight excluding hydrogens is 449 g/mol. The highest BCUT2D eigenvalue weighted by Gasteiger charge is 2.38. The van der Waals surface area contributed by atoms with E-state index in [-0.39, 0.29) is 5.69 Å². The van der Waals surface area contributed by atoms with Crippen molar-refractivity contribution in [3.8, 4) is 22.6 Å². The Labute approximate surface area is 207 Å². The van der Waals surface area contributed by atoms with Gasteiger partial charge in [0.1, 0.15) is 17.2 Å². The molecule has 0 N–H and O–H groups in total. The first-order valence-corrected chi connectivity index (χ1v) is 11.7. The van der Waals surface area contributed by atoms with Crippen molar-refractivity contribution in [2.45, 2.75) is 0 Å². The van der Waals surface area contributed by atoms with Gasteiger partial charge in [0.15, 0.2) is 0 Å². The quantitative estimate of drug-likeness (QED) is 0.262. The number of carbonyl (C=O) groups excluding carboxylic acids is 1. The van der Waals surface area contributed by atoms with Gasteiger partial charge in [-0.2, -0.15) is 0 Å². The van der Waals surface area contributed by atoms with Crippen molar-refractivity contribution in [3.05, 3.63) is 115 Å². The number of hydrogen-bond acceptors (Lipinski definition) is 5. The average Bonchev–Trinajstić information content (AvgIpc) is 3.09. The lowest BCUT2D eigenvalue weighted by atomic mass is 9.92. The largest absolute Gasteiger partial charge is 0.866 e. The fourth-order valence-electron chi connectivity index (χ4n) is 4.82. The minimum absolute atomic E-state index is 0.183. The van der Waals surface area contributed by atoms with E-state index in [4.69, 9.17) is 14.0 Å². The van der Waals surface area contributed by atoms with Crippen molar-refractivity contribution in [2.24, 2.45) is 0 Å². The van der Waals surface area contributed by atoms with Crippen LogP contribution in [0.2, 0.25) is 0 Å². The average molecular weight is 467 g/mol. The van der Waals surface area contributed by atoms with Crippen LogP contribution < -0.4 is 9.31 Å². The predicted molar refractivity (Wildman–Crippen MR) is 141 cm³/mol. The van der Waals surface area contributed by atoms with Gasteiger partial charge in [-0.1, -0.05) is 84.9 Å². The molecule has 0 aliphatic carbocycles. The van der Waals surface area contributed by atoms with E-state index in [1.807, 2.05) is 78.9 Å². The third kappa shape index (κ3) is 3.35. The Kier molecular flexibility index (Phi) is 4.64. The van der Waals surface area contributed by atoms with Crippen molar-refractivity contribution in [2.75, 3.05) is 0 Å². The lowest BCUT2D eigenvalue weighted by Gasteiger charge is -2.14. The molecule has 0 spiro atoms. The number of para-hydroxylation sites is 1. The Morgan fingerprint density at radius 2 is 1.14 bits per heavy atom. The Morgan fingerprint density at radius 3 is 1.78 bits per heavy atom. The lowest BCUT2D eigenvalue weighted by molar-refractivity contribution is 0.0658. The maximum Gasteiger partial charge on any atom is 0.866 e. The molecule has 0 amide bonds. The van der Waals surface area contributed by atoms with Crippen LogP contribution in [-0.2, 0) is 4.65 Å². The first-order valence-electron chi connectivity index (χ1n) is 11.7. The minimum Gasteiger partial charge on any atom is -0.489 e. The van der Waals surface area contributed by atoms with Gasteiger partial charge >= 0.3 is 13.3 Å². The first kappa shape index (κ1) is 20.5. The summed E-state index contributed by atoms with van der Waals surface area (Å²) in [5.74, 6) is 0.526. The molecule has 0 radical (unpaired) electrons. The highest BCUT2D eigenvalue weighted by molar-refractivity contribution is 6.42. The summed E-state index contributed by atoms with van der Waals surface area (Å²) in [5, 5.41) is 5.15. The molecule has 7 rings (SSSR count). The second-order valence-electron chi connectivity index (χ2n) is 8.64. The number of pyridine rings is 1. The second-order valence-corrected chi connectivity index (χ2v) is 8.64. The third-order valence-electron chi connectivity index (χ3n) is 6.49. The molecule has 170 valence electrons. The normalized spacial score (nSPS) is 12.4. The van der Waals surface area contributed by atoms with Gasteiger partial charge in [-0.15, -0.1) is 0 Å². The van der Waals surface area contributed by atoms with Crippen LogP contribution >= 0.6 is 0 Å². The van der Waals surface area contributed by atoms with Gasteiger partial charge in [-0.25, -0.2) is 9.78 Å². The second kappa shape index (κ2) is 8.13. The highest BCUT2D eigenvalue weighted by Crippen LogP contribution is 2.47. The van der Waals surface area contributed by atoms with Crippen molar-refractivity contribution < 1.29 is 18.8 Å². The van der Waals surface area contributed by atoms with Crippen molar-refractivity contribution in [1.82, 2.24) is 4.98 Å². The molecule has 2 heterocycles. The van der Waals surface area contributed by atoms with Crippen molar-refractivity contribution >= 4 is 45.7 Å². The zero-order chi connectivity index (χ0) is 24.1. The molecule has 1 aliphatic heterocycles. The summed E-state index contributed by atoms with van der Waals surface area (Å²) in [5.41, 5.74) is 2.70. The van der Waals surface area contributed by atoms with Crippen molar-refractivity contribution in [3.63, 3.8) is 0 Å². The van der Waals surface area contributed by atoms with Gasteiger partial charge in [0.05, 0.1) is 5.52 Å². The van der Waals surface area contributed by atoms with E-state index in [1.165, 1.54) is 0 Å². The molecule has 6 heteroatoms. The van der Waals surface area contributed by atoms with Crippen LogP contribution in [0.3, 0.4) is 0 Å². The summed E-state index contributed by atoms with van der Waals surface area (Å²) in [7, 11) is -1.28. The summed E-state index contributed by atoms with van der Waals surface area (Å²) in [6, 6.07) is 35.1. The van der Waals surface area contributed by atoms with Crippen LogP contribution in [0.1, 0.15) is 10.5 Å². The monoisotopic (exact) mass is 467 g/mol. The van der Waals surface area contributed by atoms with Crippen LogP contribution in [0.25, 0.3) is 43.6 Å². The van der Waals surface area contributed by atoms with Crippen molar-refractivity contribution in [1.29, 1.82) is 0 Å². The topological polar surface area (TPSA) is 57.7 Å². The number of fused-ring (bicyclic) bond motifs is 8. The van der Waals surface area contributed by atoms with Gasteiger partial charge in [-0.3, -0.25) is 0 Å². The number of carbonyl (C=O) groups is 1. The Hall–Kier alpha value is -4.84. The summed E-state index contributed by atoms with van der Waals surface area (Å²) in [6.45, 7) is 0. The van der Waals surface area contributed by atoms with Gasteiger partial charge in [0, 0.05) is 16.5 Å². The zero-order valence-electron chi connectivity index (χ0n) is 19.0. The molecule has 0 saturated heterocycles. The van der Waals surface area contributed by atoms with Crippen LogP contribution in [0.15, 0.2) is 109 Å². The Balaban J connectivity index is 1.35. The summed E-state index contributed by atoms with van der Waals surface area (Å²) in [6.07, 6.45) is 0. The molecule has 36 heavy (non-hydrogen) atoms. The van der Waals surface area contributed by atoms with Gasteiger partial charge in [0.25, 0.3) is 0 Å². The standard InChI is InChI=1S/C30H18BNO4/c33-30(25-16-13-21-9-3-6-12-24(21)32-25)36-31-34-26-17-14-19-7-1-4-10-22(19)28(26)29-23-11-5-2-8-20(23)15-18-27(29)35-31/h1-18H. The van der Waals surface area contributed by atoms with E-state index in [2.05, 4.69) is 29.2 Å². The number of benzene rings is 5. The van der Waals surface area contributed by atoms with Gasteiger partial charge in [0.2, 0.25) is 0 Å². The molecular formula is C30H18BNO4. The first-order chi connectivity index (χ1) is 17.7. The fourth-order valence-corrected chi connectivity index (χ4v) is 4.82. The van der Waals surface area contributed by atoms with E-state index >= 15 is 0 Å². The van der Waals surface area contributed by atoms with E-state index in [1.54, 1.807) is 6.07 Å². The van der Waals surface area contributed by atoms with E-state index < -0.39 is 13.3 Å². The van der Waals surface area contributed by atoms with E-state index in [0.717, 1.165) is 38.1 Å². The SMILES string of the molecule is O=C(OB1Oc2ccc3ccccc3c2-c2c(ccc3ccccc23)O1)c1ccc2ccccc2n1. The molecule has 5 nitrogen and oxygen atoms in total. The molecule has 6 aromatic rings. The van der Waals surface area contributed by atoms with E-state index in [0.29, 0.717) is 17.0 Å². The molecule has 5 aromatic carbocycles. The number of hydrogen-bond donors (Lipinski definition) is 0. The van der Waals surface area contributed by atoms with Crippen LogP contribution in [0, 0.1) is 0 Å². The summed E-state index contributed by atoms with van der Waals surface area (Å²) in [4.78, 5) is 17.5. The summed E-state index contributed by atoms with van der Waals surface area (Å²) >= 11 is 0. The lowest BCUT2D eigenvalue weighted by Crippen LogP contribution is -2.35. The summed E-state index contributed by atoms with van der Waals surface area (Å²) < 4.78 is 18.1. The molecule has 0 fully saturated rings. The van der Waals surface area contributed by atoms with Crippen LogP contribution in [-0.4, -0.2) is 18.3 Å². The molecule has 0 bridgehead atoms. The van der Waals surface area contributed by atoms with Crippen LogP contribution in [0.4, 0.5) is 0 Å². The zero-order valence-corrected chi connectivity index (χ0v) is 19.0. The highest BCUT2D eigenvalue weighted by atomic mass is 16.7. The Bertz CT molecular complexity index is 1730. The third-order valence-corrected chi connectivity index (χ3v) is 6.49. The fraction of sp³-hybridized carbons (Fsp3) is 0. The number of rotatable bonds is 2. The molecule has 0 saturated carbocycles. The number of aromatic nitrogens is 1. The maximum absolute atomic E-state index is 13.1. The smallest absolute Gasteiger partial charge is 0.489 e. The van der Waals surface area contributed by atoms with Crippen LogP contribution in [0.5, 0.6) is 11.5 Å². The van der Waals surface area contributed by atoms with Gasteiger partial charge in [-0.05, 0) is 45.8 Å². The van der Waals surface area contributed by atoms with Gasteiger partial charge < -0.3 is 14.0 Å². The molecule has 1 aliphatic rings. The predicted octanol–water partition coefficient (Wildman–Crippen LogP) is 6.82. The minimum atomic E-state index is -1.28. The molecule has 0 atom stereocenters. The van der Waals surface area contributed by atoms with E-state index in [9.17, 15) is 4.79 Å². The Morgan fingerprint density at radius 1 is 0.611 bits per heavy atom. The molecule has 1 aromatic heterocycles. The molecule has 0 unspecified atom stereocenters. The number of nitrogens with zero attached hydrogens (tertiary/aromatic N) is 1. The maximum atomic E-state index is 13.1.